The van der Waals surface area contributed by atoms with E-state index in [9.17, 15) is 24.3 Å². The van der Waals surface area contributed by atoms with Crippen molar-refractivity contribution in [3.63, 3.8) is 0 Å². The molecule has 0 radical (unpaired) electrons. The van der Waals surface area contributed by atoms with Gasteiger partial charge < -0.3 is 25.1 Å². The molecule has 220 valence electrons. The molecule has 0 amide bonds. The molecule has 1 aromatic rings. The number of benzene rings is 1. The van der Waals surface area contributed by atoms with Crippen molar-refractivity contribution >= 4 is 23.9 Å². The van der Waals surface area contributed by atoms with Gasteiger partial charge in [0, 0.05) is 19.3 Å². The Morgan fingerprint density at radius 3 is 1.90 bits per heavy atom. The molecule has 4 atom stereocenters. The van der Waals surface area contributed by atoms with Crippen LogP contribution in [0.4, 0.5) is 0 Å². The Kier molecular flexibility index (Phi) is 13.6. The number of rotatable bonds is 16. The maximum absolute atomic E-state index is 12.8. The maximum atomic E-state index is 12.8. The molecule has 3 N–H and O–H groups in total. The molecule has 1 rings (SSSR count). The molecule has 0 fully saturated rings. The van der Waals surface area contributed by atoms with Crippen molar-refractivity contribution in [1.29, 1.82) is 0 Å². The Balaban J connectivity index is 3.22. The van der Waals surface area contributed by atoms with Gasteiger partial charge in [-0.15, -0.1) is 0 Å². The average molecular weight is 550 g/mol. The predicted octanol–water partition coefficient (Wildman–Crippen LogP) is 5.31. The van der Waals surface area contributed by atoms with Crippen molar-refractivity contribution < 1.29 is 38.5 Å². The van der Waals surface area contributed by atoms with Gasteiger partial charge in [0.25, 0.3) is 0 Å². The zero-order valence-corrected chi connectivity index (χ0v) is 24.7. The topological polar surface area (TPSA) is 142 Å². The van der Waals surface area contributed by atoms with Crippen LogP contribution >= 0.6 is 0 Å². The molecule has 0 aliphatic heterocycles. The molecule has 0 aromatic heterocycles. The van der Waals surface area contributed by atoms with Gasteiger partial charge in [0.2, 0.25) is 0 Å². The van der Waals surface area contributed by atoms with Crippen LogP contribution in [0, 0.1) is 23.7 Å². The van der Waals surface area contributed by atoms with Crippen LogP contribution in [0.3, 0.4) is 0 Å². The van der Waals surface area contributed by atoms with Gasteiger partial charge >= 0.3 is 23.9 Å². The van der Waals surface area contributed by atoms with Crippen LogP contribution in [0.15, 0.2) is 18.2 Å². The first-order valence-corrected chi connectivity index (χ1v) is 13.9. The fourth-order valence-corrected chi connectivity index (χ4v) is 3.73. The van der Waals surface area contributed by atoms with Crippen LogP contribution in [0.25, 0.3) is 0 Å². The number of ether oxygens (including phenoxy) is 3. The highest BCUT2D eigenvalue weighted by molar-refractivity contribution is 5.80. The van der Waals surface area contributed by atoms with E-state index in [1.165, 1.54) is 12.1 Å². The van der Waals surface area contributed by atoms with Crippen LogP contribution in [0.1, 0.15) is 93.1 Å². The minimum absolute atomic E-state index is 0.0115. The Hall–Kier alpha value is -2.94. The molecule has 0 aliphatic carbocycles. The predicted molar refractivity (Wildman–Crippen MR) is 148 cm³/mol. The first kappa shape index (κ1) is 34.1. The highest BCUT2D eigenvalue weighted by Crippen LogP contribution is 2.33. The fourth-order valence-electron chi connectivity index (χ4n) is 3.73. The van der Waals surface area contributed by atoms with Gasteiger partial charge in [0.1, 0.15) is 11.6 Å². The van der Waals surface area contributed by atoms with Crippen molar-refractivity contribution in [2.45, 2.75) is 106 Å². The average Bonchev–Trinajstić information content (AvgIpc) is 2.84. The van der Waals surface area contributed by atoms with E-state index in [1.807, 2.05) is 34.6 Å². The van der Waals surface area contributed by atoms with E-state index in [1.54, 1.807) is 26.8 Å². The van der Waals surface area contributed by atoms with Crippen molar-refractivity contribution in [2.75, 3.05) is 0 Å². The third-order valence-corrected chi connectivity index (χ3v) is 7.09. The summed E-state index contributed by atoms with van der Waals surface area (Å²) < 4.78 is 16.6. The number of carboxylic acid groups (broad SMARTS) is 1. The monoisotopic (exact) mass is 549 g/mol. The lowest BCUT2D eigenvalue weighted by Crippen LogP contribution is -2.52. The molecule has 0 saturated carbocycles. The second kappa shape index (κ2) is 15.6. The van der Waals surface area contributed by atoms with Crippen molar-refractivity contribution in [1.82, 2.24) is 0 Å². The smallest absolute Gasteiger partial charge is 0.324 e. The highest BCUT2D eigenvalue weighted by Gasteiger charge is 2.37. The summed E-state index contributed by atoms with van der Waals surface area (Å²) in [6.07, 6.45) is 1.87. The number of carbonyl (C=O) groups is 4. The Morgan fingerprint density at radius 1 is 0.872 bits per heavy atom. The van der Waals surface area contributed by atoms with Crippen LogP contribution in [-0.2, 0) is 30.3 Å². The van der Waals surface area contributed by atoms with E-state index >= 15 is 0 Å². The van der Waals surface area contributed by atoms with Crippen LogP contribution < -0.4 is 15.2 Å². The number of carbonyl (C=O) groups excluding carboxylic acids is 3. The van der Waals surface area contributed by atoms with Gasteiger partial charge in [-0.2, -0.15) is 0 Å². The minimum Gasteiger partial charge on any atom is -0.480 e. The number of aliphatic carboxylic acids is 1. The number of nitrogens with two attached hydrogens (primary N) is 1. The Morgan fingerprint density at radius 2 is 1.41 bits per heavy atom. The van der Waals surface area contributed by atoms with Crippen LogP contribution in [0.2, 0.25) is 0 Å². The second-order valence-electron chi connectivity index (χ2n) is 11.3. The molecule has 3 unspecified atom stereocenters. The third-order valence-electron chi connectivity index (χ3n) is 7.09. The first-order chi connectivity index (χ1) is 18.1. The Bertz CT molecular complexity index is 989. The van der Waals surface area contributed by atoms with Gasteiger partial charge in [-0.25, -0.2) is 0 Å². The summed E-state index contributed by atoms with van der Waals surface area (Å²) in [7, 11) is 0. The van der Waals surface area contributed by atoms with E-state index in [0.717, 1.165) is 12.8 Å². The summed E-state index contributed by atoms with van der Waals surface area (Å²) in [5.41, 5.74) is 5.01. The number of esters is 3. The van der Waals surface area contributed by atoms with Crippen LogP contribution in [0.5, 0.6) is 11.5 Å². The summed E-state index contributed by atoms with van der Waals surface area (Å²) in [5.74, 6) is -3.31. The fraction of sp³-hybridized carbons (Fsp3) is 0.667. The molecule has 0 aliphatic rings. The molecule has 9 heteroatoms. The molecule has 9 nitrogen and oxygen atoms in total. The van der Waals surface area contributed by atoms with Gasteiger partial charge in [-0.1, -0.05) is 67.4 Å². The summed E-state index contributed by atoms with van der Waals surface area (Å²) in [4.78, 5) is 49.7. The highest BCUT2D eigenvalue weighted by atomic mass is 16.6. The van der Waals surface area contributed by atoms with Gasteiger partial charge in [0.15, 0.2) is 11.5 Å². The number of hydrogen-bond acceptors (Lipinski definition) is 8. The summed E-state index contributed by atoms with van der Waals surface area (Å²) >= 11 is 0. The zero-order chi connectivity index (χ0) is 29.9. The van der Waals surface area contributed by atoms with Gasteiger partial charge in [-0.05, 0) is 42.9 Å². The molecular weight excluding hydrogens is 502 g/mol. The van der Waals surface area contributed by atoms with E-state index < -0.39 is 41.4 Å². The van der Waals surface area contributed by atoms with E-state index in [-0.39, 0.29) is 48.6 Å². The van der Waals surface area contributed by atoms with Crippen molar-refractivity contribution in [3.8, 4) is 11.5 Å². The SMILES string of the molecule is CCCCCC(=O)O[C@@H](C)CC(N)(Cc1ccc(OC(=O)C(C)C(C)C)c(OC(=O)C(C)C(C)C)c1)C(=O)O. The molecule has 1 aromatic carbocycles. The van der Waals surface area contributed by atoms with E-state index in [4.69, 9.17) is 19.9 Å². The normalized spacial score (nSPS) is 15.3. The number of hydrogen-bond donors (Lipinski definition) is 2. The molecule has 0 heterocycles. The molecule has 0 bridgehead atoms. The standard InChI is InChI=1S/C30H47NO8/c1-9-10-11-12-26(32)37-20(6)16-30(31,29(35)36)17-23-13-14-24(38-27(33)21(7)18(2)3)25(15-23)39-28(34)22(8)19(4)5/h13-15,18-22H,9-12,16-17,31H2,1-8H3,(H,35,36)/t20-,21?,22?,30?/m0/s1. The minimum atomic E-state index is -1.76. The molecular formula is C30H47NO8. The van der Waals surface area contributed by atoms with Gasteiger partial charge in [0.05, 0.1) is 11.8 Å². The summed E-state index contributed by atoms with van der Waals surface area (Å²) in [6.45, 7) is 14.7. The lowest BCUT2D eigenvalue weighted by molar-refractivity contribution is -0.153. The number of unbranched alkanes of at least 4 members (excludes halogenated alkanes) is 2. The van der Waals surface area contributed by atoms with Crippen molar-refractivity contribution in [3.05, 3.63) is 23.8 Å². The zero-order valence-electron chi connectivity index (χ0n) is 24.7. The maximum Gasteiger partial charge on any atom is 0.324 e. The van der Waals surface area contributed by atoms with Gasteiger partial charge in [-0.3, -0.25) is 19.2 Å². The quantitative estimate of drug-likeness (QED) is 0.159. The van der Waals surface area contributed by atoms with E-state index in [0.29, 0.717) is 12.0 Å². The molecule has 0 saturated heterocycles. The number of carboxylic acids is 1. The first-order valence-electron chi connectivity index (χ1n) is 13.9. The van der Waals surface area contributed by atoms with Crippen LogP contribution in [-0.4, -0.2) is 40.6 Å². The largest absolute Gasteiger partial charge is 0.480 e. The summed E-state index contributed by atoms with van der Waals surface area (Å²) in [5, 5.41) is 9.97. The lowest BCUT2D eigenvalue weighted by Gasteiger charge is -2.28. The third kappa shape index (κ3) is 11.0. The molecule has 39 heavy (non-hydrogen) atoms. The lowest BCUT2D eigenvalue weighted by atomic mass is 9.86. The Labute approximate surface area is 232 Å². The second-order valence-corrected chi connectivity index (χ2v) is 11.3. The van der Waals surface area contributed by atoms with E-state index in [2.05, 4.69) is 0 Å². The summed E-state index contributed by atoms with van der Waals surface area (Å²) in [6, 6.07) is 4.53. The van der Waals surface area contributed by atoms with Crippen molar-refractivity contribution in [2.24, 2.45) is 29.4 Å². The molecule has 0 spiro atoms.